The van der Waals surface area contributed by atoms with E-state index in [4.69, 9.17) is 5.73 Å². The molecule has 0 aromatic heterocycles. The Balaban J connectivity index is 2.60. The van der Waals surface area contributed by atoms with E-state index in [2.05, 4.69) is 60.2 Å². The maximum atomic E-state index is 5.73. The molecule has 3 heteroatoms. The van der Waals surface area contributed by atoms with E-state index in [0.29, 0.717) is 18.5 Å². The number of rotatable bonds is 5. The zero-order chi connectivity index (χ0) is 12.1. The third-order valence-electron chi connectivity index (χ3n) is 2.82. The van der Waals surface area contributed by atoms with Crippen LogP contribution in [0.1, 0.15) is 25.0 Å². The summed E-state index contributed by atoms with van der Waals surface area (Å²) in [5.41, 5.74) is 8.28. The van der Waals surface area contributed by atoms with E-state index in [9.17, 15) is 0 Å². The Morgan fingerprint density at radius 1 is 1.38 bits per heavy atom. The minimum Gasteiger partial charge on any atom is -0.329 e. The number of aryl methyl sites for hydroxylation is 1. The summed E-state index contributed by atoms with van der Waals surface area (Å²) >= 11 is 3.58. The second kappa shape index (κ2) is 6.38. The van der Waals surface area contributed by atoms with Gasteiger partial charge in [0.25, 0.3) is 0 Å². The smallest absolute Gasteiger partial charge is 0.0222 e. The lowest BCUT2D eigenvalue weighted by atomic mass is 10.0. The van der Waals surface area contributed by atoms with Gasteiger partial charge in [-0.15, -0.1) is 0 Å². The fourth-order valence-electron chi connectivity index (χ4n) is 1.63. The number of hydrogen-bond donors (Lipinski definition) is 2. The van der Waals surface area contributed by atoms with E-state index in [1.807, 2.05) is 0 Å². The number of nitrogens with one attached hydrogen (secondary N) is 1. The van der Waals surface area contributed by atoms with Gasteiger partial charge in [0, 0.05) is 23.6 Å². The Morgan fingerprint density at radius 3 is 2.56 bits per heavy atom. The van der Waals surface area contributed by atoms with Crippen LogP contribution in [-0.4, -0.2) is 12.6 Å². The first-order valence-corrected chi connectivity index (χ1v) is 6.52. The van der Waals surface area contributed by atoms with Crippen molar-refractivity contribution in [3.05, 3.63) is 33.8 Å². The maximum absolute atomic E-state index is 5.73. The van der Waals surface area contributed by atoms with Crippen LogP contribution in [-0.2, 0) is 6.54 Å². The molecule has 0 fully saturated rings. The van der Waals surface area contributed by atoms with Gasteiger partial charge in [-0.2, -0.15) is 0 Å². The lowest BCUT2D eigenvalue weighted by Crippen LogP contribution is -2.39. The van der Waals surface area contributed by atoms with Gasteiger partial charge in [0.1, 0.15) is 0 Å². The molecular formula is C13H21BrN2. The summed E-state index contributed by atoms with van der Waals surface area (Å²) in [5, 5.41) is 3.49. The molecule has 0 heterocycles. The SMILES string of the molecule is Cc1ccc(CNC(CN)C(C)C)c(Br)c1. The molecule has 1 aromatic rings. The van der Waals surface area contributed by atoms with Crippen LogP contribution in [0.4, 0.5) is 0 Å². The molecular weight excluding hydrogens is 264 g/mol. The largest absolute Gasteiger partial charge is 0.329 e. The van der Waals surface area contributed by atoms with Crippen LogP contribution in [0.15, 0.2) is 22.7 Å². The fraction of sp³-hybridized carbons (Fsp3) is 0.538. The van der Waals surface area contributed by atoms with Gasteiger partial charge in [0.2, 0.25) is 0 Å². The van der Waals surface area contributed by atoms with Crippen LogP contribution in [0.2, 0.25) is 0 Å². The maximum Gasteiger partial charge on any atom is 0.0222 e. The molecule has 90 valence electrons. The topological polar surface area (TPSA) is 38.0 Å². The van der Waals surface area contributed by atoms with Crippen molar-refractivity contribution < 1.29 is 0 Å². The van der Waals surface area contributed by atoms with Crippen molar-refractivity contribution in [1.29, 1.82) is 0 Å². The van der Waals surface area contributed by atoms with E-state index < -0.39 is 0 Å². The zero-order valence-electron chi connectivity index (χ0n) is 10.3. The van der Waals surface area contributed by atoms with Crippen LogP contribution in [0.5, 0.6) is 0 Å². The number of hydrogen-bond acceptors (Lipinski definition) is 2. The first-order valence-electron chi connectivity index (χ1n) is 5.73. The molecule has 1 atom stereocenters. The second-order valence-corrected chi connectivity index (χ2v) is 5.42. The summed E-state index contributed by atoms with van der Waals surface area (Å²) in [4.78, 5) is 0. The van der Waals surface area contributed by atoms with Gasteiger partial charge in [0.15, 0.2) is 0 Å². The monoisotopic (exact) mass is 284 g/mol. The van der Waals surface area contributed by atoms with Gasteiger partial charge in [-0.1, -0.05) is 41.9 Å². The molecule has 2 nitrogen and oxygen atoms in total. The third-order valence-corrected chi connectivity index (χ3v) is 3.56. The van der Waals surface area contributed by atoms with Crippen molar-refractivity contribution in [2.75, 3.05) is 6.54 Å². The standard InChI is InChI=1S/C13H21BrN2/c1-9(2)13(7-15)16-8-11-5-4-10(3)6-12(11)14/h4-6,9,13,16H,7-8,15H2,1-3H3. The summed E-state index contributed by atoms with van der Waals surface area (Å²) in [5.74, 6) is 0.564. The van der Waals surface area contributed by atoms with Crippen molar-refractivity contribution in [3.8, 4) is 0 Å². The van der Waals surface area contributed by atoms with Crippen LogP contribution >= 0.6 is 15.9 Å². The summed E-state index contributed by atoms with van der Waals surface area (Å²) in [6, 6.07) is 6.81. The van der Waals surface area contributed by atoms with Gasteiger partial charge in [-0.3, -0.25) is 0 Å². The third kappa shape index (κ3) is 3.89. The Hall–Kier alpha value is -0.380. The summed E-state index contributed by atoms with van der Waals surface area (Å²) in [6.07, 6.45) is 0. The van der Waals surface area contributed by atoms with Crippen LogP contribution in [0, 0.1) is 12.8 Å². The fourth-order valence-corrected chi connectivity index (χ4v) is 2.26. The van der Waals surface area contributed by atoms with Crippen LogP contribution in [0.25, 0.3) is 0 Å². The van der Waals surface area contributed by atoms with Gasteiger partial charge in [0.05, 0.1) is 0 Å². The molecule has 1 unspecified atom stereocenters. The van der Waals surface area contributed by atoms with Crippen molar-refractivity contribution in [2.45, 2.75) is 33.4 Å². The van der Waals surface area contributed by atoms with E-state index in [0.717, 1.165) is 6.54 Å². The molecule has 0 aliphatic rings. The Labute approximate surface area is 107 Å². The van der Waals surface area contributed by atoms with E-state index in [1.54, 1.807) is 0 Å². The first kappa shape index (κ1) is 13.7. The highest BCUT2D eigenvalue weighted by molar-refractivity contribution is 9.10. The zero-order valence-corrected chi connectivity index (χ0v) is 11.8. The number of nitrogens with two attached hydrogens (primary N) is 1. The minimum absolute atomic E-state index is 0.383. The highest BCUT2D eigenvalue weighted by atomic mass is 79.9. The quantitative estimate of drug-likeness (QED) is 0.873. The minimum atomic E-state index is 0.383. The molecule has 0 spiro atoms. The molecule has 0 radical (unpaired) electrons. The number of benzene rings is 1. The van der Waals surface area contributed by atoms with Crippen LogP contribution in [0.3, 0.4) is 0 Å². The lowest BCUT2D eigenvalue weighted by Gasteiger charge is -2.21. The molecule has 0 saturated carbocycles. The van der Waals surface area contributed by atoms with Crippen molar-refractivity contribution in [1.82, 2.24) is 5.32 Å². The van der Waals surface area contributed by atoms with Gasteiger partial charge >= 0.3 is 0 Å². The van der Waals surface area contributed by atoms with Crippen molar-refractivity contribution in [3.63, 3.8) is 0 Å². The molecule has 0 aliphatic carbocycles. The highest BCUT2D eigenvalue weighted by Gasteiger charge is 2.10. The predicted molar refractivity (Wildman–Crippen MR) is 73.4 cm³/mol. The highest BCUT2D eigenvalue weighted by Crippen LogP contribution is 2.18. The molecule has 1 rings (SSSR count). The summed E-state index contributed by atoms with van der Waals surface area (Å²) < 4.78 is 1.17. The van der Waals surface area contributed by atoms with E-state index in [-0.39, 0.29) is 0 Å². The Kier molecular flexibility index (Phi) is 5.46. The molecule has 1 aromatic carbocycles. The summed E-state index contributed by atoms with van der Waals surface area (Å²) in [6.45, 7) is 8.02. The molecule has 16 heavy (non-hydrogen) atoms. The first-order chi connectivity index (χ1) is 7.54. The average molecular weight is 285 g/mol. The molecule has 0 amide bonds. The predicted octanol–water partition coefficient (Wildman–Crippen LogP) is 2.83. The normalized spacial score (nSPS) is 13.1. The van der Waals surface area contributed by atoms with Gasteiger partial charge in [-0.05, 0) is 30.0 Å². The van der Waals surface area contributed by atoms with Crippen molar-refractivity contribution >= 4 is 15.9 Å². The molecule has 3 N–H and O–H groups in total. The van der Waals surface area contributed by atoms with Gasteiger partial charge in [-0.25, -0.2) is 0 Å². The molecule has 0 saturated heterocycles. The summed E-state index contributed by atoms with van der Waals surface area (Å²) in [7, 11) is 0. The molecule has 0 aliphatic heterocycles. The van der Waals surface area contributed by atoms with E-state index in [1.165, 1.54) is 15.6 Å². The average Bonchev–Trinajstić information content (AvgIpc) is 2.21. The van der Waals surface area contributed by atoms with Gasteiger partial charge < -0.3 is 11.1 Å². The van der Waals surface area contributed by atoms with E-state index >= 15 is 0 Å². The Bertz CT molecular complexity index is 337. The van der Waals surface area contributed by atoms with Crippen LogP contribution < -0.4 is 11.1 Å². The number of halogens is 1. The molecule has 0 bridgehead atoms. The Morgan fingerprint density at radius 2 is 2.06 bits per heavy atom. The van der Waals surface area contributed by atoms with Crippen molar-refractivity contribution in [2.24, 2.45) is 11.7 Å². The lowest BCUT2D eigenvalue weighted by molar-refractivity contribution is 0.404. The second-order valence-electron chi connectivity index (χ2n) is 4.56.